The van der Waals surface area contributed by atoms with E-state index in [0.29, 0.717) is 24.7 Å². The smallest absolute Gasteiger partial charge is 0.497 e. The molecule has 0 unspecified atom stereocenters. The second-order valence-electron chi connectivity index (χ2n) is 4.51. The first kappa shape index (κ1) is 18.4. The zero-order valence-corrected chi connectivity index (χ0v) is 14.5. The van der Waals surface area contributed by atoms with Crippen LogP contribution in [0.15, 0.2) is 24.3 Å². The molecule has 8 heteroatoms. The molecule has 0 aliphatic rings. The topological polar surface area (TPSA) is 78.1 Å². The predicted molar refractivity (Wildman–Crippen MR) is 86.2 cm³/mol. The van der Waals surface area contributed by atoms with Crippen LogP contribution in [0.3, 0.4) is 0 Å². The van der Waals surface area contributed by atoms with Gasteiger partial charge in [0, 0.05) is 39.6 Å². The van der Waals surface area contributed by atoms with Gasteiger partial charge in [-0.05, 0) is 30.7 Å². The molecule has 0 aliphatic carbocycles. The first-order valence-electron chi connectivity index (χ1n) is 6.93. The Labute approximate surface area is 132 Å². The Morgan fingerprint density at radius 3 is 2.14 bits per heavy atom. The van der Waals surface area contributed by atoms with Crippen molar-refractivity contribution in [1.82, 2.24) is 5.32 Å². The zero-order chi connectivity index (χ0) is 16.4. The standard InChI is InChI=1S/C14H24N2O5Si/c1-18-13-8-6-12(7-9-13)16-14(17)15-10-5-11-22(19-2,20-3)21-4/h6-9H,5,10-11H2,1-4H3,(H2,15,16,17). The van der Waals surface area contributed by atoms with Crippen LogP contribution < -0.4 is 15.4 Å². The van der Waals surface area contributed by atoms with Crippen molar-refractivity contribution >= 4 is 20.5 Å². The molecule has 0 saturated carbocycles. The van der Waals surface area contributed by atoms with Gasteiger partial charge in [0.25, 0.3) is 0 Å². The lowest BCUT2D eigenvalue weighted by Gasteiger charge is -2.24. The Morgan fingerprint density at radius 2 is 1.64 bits per heavy atom. The predicted octanol–water partition coefficient (Wildman–Crippen LogP) is 2.08. The minimum atomic E-state index is -2.56. The molecule has 2 N–H and O–H groups in total. The zero-order valence-electron chi connectivity index (χ0n) is 13.5. The van der Waals surface area contributed by atoms with Gasteiger partial charge in [-0.3, -0.25) is 0 Å². The number of nitrogens with one attached hydrogen (secondary N) is 2. The van der Waals surface area contributed by atoms with Crippen molar-refractivity contribution in [3.05, 3.63) is 24.3 Å². The molecule has 0 atom stereocenters. The SMILES string of the molecule is COc1ccc(NC(=O)NCCC[Si](OC)(OC)OC)cc1. The summed E-state index contributed by atoms with van der Waals surface area (Å²) in [6.45, 7) is 0.507. The Morgan fingerprint density at radius 1 is 1.05 bits per heavy atom. The molecule has 0 saturated heterocycles. The van der Waals surface area contributed by atoms with Crippen LogP contribution in [0, 0.1) is 0 Å². The van der Waals surface area contributed by atoms with E-state index in [1.807, 2.05) is 0 Å². The molecule has 0 heterocycles. The van der Waals surface area contributed by atoms with Crippen LogP contribution in [-0.2, 0) is 13.3 Å². The number of ether oxygens (including phenoxy) is 1. The lowest BCUT2D eigenvalue weighted by molar-refractivity contribution is 0.123. The van der Waals surface area contributed by atoms with Gasteiger partial charge in [-0.25, -0.2) is 4.79 Å². The number of amides is 2. The van der Waals surface area contributed by atoms with Gasteiger partial charge in [0.05, 0.1) is 7.11 Å². The van der Waals surface area contributed by atoms with Crippen molar-refractivity contribution in [2.45, 2.75) is 12.5 Å². The molecule has 0 aliphatic heterocycles. The quantitative estimate of drug-likeness (QED) is 0.536. The highest BCUT2D eigenvalue weighted by molar-refractivity contribution is 6.60. The summed E-state index contributed by atoms with van der Waals surface area (Å²) in [4.78, 5) is 11.8. The Balaban J connectivity index is 2.31. The number of hydrogen-bond donors (Lipinski definition) is 2. The molecule has 0 bridgehead atoms. The summed E-state index contributed by atoms with van der Waals surface area (Å²) >= 11 is 0. The van der Waals surface area contributed by atoms with E-state index in [1.54, 1.807) is 52.7 Å². The van der Waals surface area contributed by atoms with Crippen LogP contribution in [0.2, 0.25) is 6.04 Å². The van der Waals surface area contributed by atoms with Gasteiger partial charge in [-0.1, -0.05) is 0 Å². The normalized spacial score (nSPS) is 11.1. The molecule has 1 aromatic rings. The van der Waals surface area contributed by atoms with E-state index in [2.05, 4.69) is 10.6 Å². The summed E-state index contributed by atoms with van der Waals surface area (Å²) in [5.41, 5.74) is 0.702. The summed E-state index contributed by atoms with van der Waals surface area (Å²) in [6.07, 6.45) is 0.706. The summed E-state index contributed by atoms with van der Waals surface area (Å²) in [6, 6.07) is 7.49. The van der Waals surface area contributed by atoms with Crippen LogP contribution in [0.4, 0.5) is 10.5 Å². The molecule has 2 amide bonds. The van der Waals surface area contributed by atoms with E-state index in [4.69, 9.17) is 18.0 Å². The highest BCUT2D eigenvalue weighted by Gasteiger charge is 2.36. The van der Waals surface area contributed by atoms with Crippen molar-refractivity contribution in [1.29, 1.82) is 0 Å². The molecule has 0 spiro atoms. The van der Waals surface area contributed by atoms with E-state index in [-0.39, 0.29) is 6.03 Å². The fourth-order valence-electron chi connectivity index (χ4n) is 1.91. The number of carbonyl (C=O) groups excluding carboxylic acids is 1. The van der Waals surface area contributed by atoms with Gasteiger partial charge in [0.15, 0.2) is 0 Å². The van der Waals surface area contributed by atoms with Gasteiger partial charge in [0.1, 0.15) is 5.75 Å². The van der Waals surface area contributed by atoms with Gasteiger partial charge >= 0.3 is 14.8 Å². The third-order valence-corrected chi connectivity index (χ3v) is 6.06. The molecule has 22 heavy (non-hydrogen) atoms. The molecular formula is C14H24N2O5Si. The molecule has 0 aromatic heterocycles. The van der Waals surface area contributed by atoms with Gasteiger partial charge in [-0.15, -0.1) is 0 Å². The Bertz CT molecular complexity index is 443. The molecule has 124 valence electrons. The molecule has 0 fully saturated rings. The second-order valence-corrected chi connectivity index (χ2v) is 7.60. The largest absolute Gasteiger partial charge is 0.500 e. The second kappa shape index (κ2) is 9.41. The maximum absolute atomic E-state index is 11.8. The van der Waals surface area contributed by atoms with E-state index in [0.717, 1.165) is 5.75 Å². The van der Waals surface area contributed by atoms with E-state index < -0.39 is 8.80 Å². The van der Waals surface area contributed by atoms with Crippen molar-refractivity contribution in [2.75, 3.05) is 40.3 Å². The van der Waals surface area contributed by atoms with Crippen LogP contribution in [0.25, 0.3) is 0 Å². The fraction of sp³-hybridized carbons (Fsp3) is 0.500. The monoisotopic (exact) mass is 328 g/mol. The number of methoxy groups -OCH3 is 1. The highest BCUT2D eigenvalue weighted by atomic mass is 28.4. The van der Waals surface area contributed by atoms with Gasteiger partial charge < -0.3 is 28.6 Å². The Kier molecular flexibility index (Phi) is 7.89. The minimum absolute atomic E-state index is 0.260. The number of benzene rings is 1. The first-order chi connectivity index (χ1) is 10.6. The van der Waals surface area contributed by atoms with Crippen LogP contribution in [0.5, 0.6) is 5.75 Å². The molecule has 1 rings (SSSR count). The van der Waals surface area contributed by atoms with Crippen molar-refractivity contribution in [3.63, 3.8) is 0 Å². The maximum atomic E-state index is 11.8. The highest BCUT2D eigenvalue weighted by Crippen LogP contribution is 2.15. The van der Waals surface area contributed by atoms with E-state index in [1.165, 1.54) is 0 Å². The number of rotatable bonds is 9. The van der Waals surface area contributed by atoms with Crippen LogP contribution in [-0.4, -0.2) is 49.8 Å². The molecule has 0 radical (unpaired) electrons. The minimum Gasteiger partial charge on any atom is -0.497 e. The third kappa shape index (κ3) is 5.64. The summed E-state index contributed by atoms with van der Waals surface area (Å²) in [5, 5.41) is 5.52. The van der Waals surface area contributed by atoms with Crippen molar-refractivity contribution in [3.8, 4) is 5.75 Å². The van der Waals surface area contributed by atoms with Crippen molar-refractivity contribution < 1.29 is 22.8 Å². The number of carbonyl (C=O) groups is 1. The maximum Gasteiger partial charge on any atom is 0.500 e. The molecule has 7 nitrogen and oxygen atoms in total. The average Bonchev–Trinajstić information content (AvgIpc) is 2.56. The van der Waals surface area contributed by atoms with Gasteiger partial charge in [-0.2, -0.15) is 0 Å². The Hall–Kier alpha value is -1.61. The lowest BCUT2D eigenvalue weighted by atomic mass is 10.3. The average molecular weight is 328 g/mol. The number of hydrogen-bond acceptors (Lipinski definition) is 5. The summed E-state index contributed by atoms with van der Waals surface area (Å²) < 4.78 is 21.0. The van der Waals surface area contributed by atoms with Crippen LogP contribution >= 0.6 is 0 Å². The van der Waals surface area contributed by atoms with Crippen molar-refractivity contribution in [2.24, 2.45) is 0 Å². The first-order valence-corrected chi connectivity index (χ1v) is 8.86. The number of anilines is 1. The van der Waals surface area contributed by atoms with E-state index in [9.17, 15) is 4.79 Å². The van der Waals surface area contributed by atoms with E-state index >= 15 is 0 Å². The van der Waals surface area contributed by atoms with Crippen LogP contribution in [0.1, 0.15) is 6.42 Å². The fourth-order valence-corrected chi connectivity index (χ4v) is 3.63. The summed E-state index contributed by atoms with van der Waals surface area (Å²) in [5.74, 6) is 0.742. The molecule has 1 aromatic carbocycles. The number of urea groups is 1. The lowest BCUT2D eigenvalue weighted by Crippen LogP contribution is -2.43. The van der Waals surface area contributed by atoms with Gasteiger partial charge in [0.2, 0.25) is 0 Å². The third-order valence-electron chi connectivity index (χ3n) is 3.23. The molecular weight excluding hydrogens is 304 g/mol. The summed E-state index contributed by atoms with van der Waals surface area (Å²) in [7, 11) is 3.75.